The van der Waals surface area contributed by atoms with Gasteiger partial charge in [-0.05, 0) is 69.2 Å². The van der Waals surface area contributed by atoms with Crippen LogP contribution in [0.5, 0.6) is 0 Å². The maximum Gasteiger partial charge on any atom is 0.0336 e. The average molecular weight is 284 g/mol. The molecule has 2 fully saturated rings. The van der Waals surface area contributed by atoms with Gasteiger partial charge in [0.25, 0.3) is 0 Å². The van der Waals surface area contributed by atoms with Crippen molar-refractivity contribution in [2.24, 2.45) is 23.7 Å². The number of rotatable bonds is 5. The second-order valence-corrected chi connectivity index (χ2v) is 7.55. The Hall–Kier alpha value is -0.0100. The van der Waals surface area contributed by atoms with Gasteiger partial charge in [0.2, 0.25) is 0 Å². The van der Waals surface area contributed by atoms with Crippen LogP contribution in [0.2, 0.25) is 0 Å². The van der Waals surface area contributed by atoms with E-state index in [0.717, 1.165) is 30.2 Å². The number of halogens is 1. The van der Waals surface area contributed by atoms with E-state index in [4.69, 9.17) is 11.6 Å². The number of hydrogen-bond acceptors (Lipinski definition) is 1. The van der Waals surface area contributed by atoms with Crippen LogP contribution in [0.4, 0.5) is 0 Å². The van der Waals surface area contributed by atoms with Crippen molar-refractivity contribution in [3.05, 3.63) is 12.2 Å². The summed E-state index contributed by atoms with van der Waals surface area (Å²) in [6.45, 7) is 8.18. The van der Waals surface area contributed by atoms with Gasteiger partial charge < -0.3 is 5.32 Å². The third-order valence-corrected chi connectivity index (χ3v) is 5.81. The molecule has 0 aliphatic heterocycles. The van der Waals surface area contributed by atoms with Gasteiger partial charge in [0.15, 0.2) is 0 Å². The number of nitrogens with one attached hydrogen (secondary N) is 1. The van der Waals surface area contributed by atoms with E-state index < -0.39 is 0 Å². The van der Waals surface area contributed by atoms with Crippen LogP contribution in [0.25, 0.3) is 0 Å². The van der Waals surface area contributed by atoms with Crippen molar-refractivity contribution in [2.75, 3.05) is 6.54 Å². The first kappa shape index (κ1) is 15.4. The number of hydrogen-bond donors (Lipinski definition) is 1. The molecular weight excluding hydrogens is 254 g/mol. The molecule has 0 aromatic rings. The van der Waals surface area contributed by atoms with Crippen LogP contribution in [0.3, 0.4) is 0 Å². The lowest BCUT2D eigenvalue weighted by molar-refractivity contribution is 0.145. The monoisotopic (exact) mass is 283 g/mol. The summed E-state index contributed by atoms with van der Waals surface area (Å²) < 4.78 is 0. The Morgan fingerprint density at radius 2 is 1.89 bits per heavy atom. The summed E-state index contributed by atoms with van der Waals surface area (Å²) >= 11 is 6.15. The van der Waals surface area contributed by atoms with Crippen molar-refractivity contribution in [3.8, 4) is 0 Å². The fourth-order valence-electron chi connectivity index (χ4n) is 3.39. The Labute approximate surface area is 124 Å². The quantitative estimate of drug-likeness (QED) is 0.574. The smallest absolute Gasteiger partial charge is 0.0336 e. The van der Waals surface area contributed by atoms with Gasteiger partial charge in [-0.3, -0.25) is 0 Å². The largest absolute Gasteiger partial charge is 0.311 e. The Kier molecular flexibility index (Phi) is 5.77. The normalized spacial score (nSPS) is 41.2. The summed E-state index contributed by atoms with van der Waals surface area (Å²) in [7, 11) is 0. The highest BCUT2D eigenvalue weighted by atomic mass is 35.5. The van der Waals surface area contributed by atoms with Crippen LogP contribution in [0.1, 0.15) is 52.9 Å². The van der Waals surface area contributed by atoms with Gasteiger partial charge in [-0.25, -0.2) is 0 Å². The van der Waals surface area contributed by atoms with Crippen LogP contribution in [0.15, 0.2) is 12.2 Å². The zero-order valence-corrected chi connectivity index (χ0v) is 13.5. The zero-order chi connectivity index (χ0) is 13.8. The first-order chi connectivity index (χ1) is 9.06. The molecule has 0 heterocycles. The zero-order valence-electron chi connectivity index (χ0n) is 12.7. The molecule has 0 aromatic heterocycles. The molecule has 19 heavy (non-hydrogen) atoms. The minimum atomic E-state index is 0.440. The first-order valence-corrected chi connectivity index (χ1v) is 8.55. The second-order valence-electron chi connectivity index (χ2n) is 6.94. The van der Waals surface area contributed by atoms with Gasteiger partial charge in [0.1, 0.15) is 0 Å². The molecule has 2 aliphatic carbocycles. The highest BCUT2D eigenvalue weighted by molar-refractivity contribution is 6.20. The van der Waals surface area contributed by atoms with Gasteiger partial charge in [-0.1, -0.05) is 26.0 Å². The standard InChI is InChI=1S/C17H30ClN/c1-12-10-16(14(12)3)7-4-13(2)19-11-15-5-8-17(18)9-6-15/h4,7,12-17,19H,5-6,8-11H2,1-3H3/b7-4-/t12-,13?,14+,15?,16+,17?/m1/s1. The van der Waals surface area contributed by atoms with Crippen molar-refractivity contribution in [2.45, 2.75) is 64.3 Å². The van der Waals surface area contributed by atoms with Gasteiger partial charge in [0, 0.05) is 11.4 Å². The van der Waals surface area contributed by atoms with Crippen molar-refractivity contribution in [1.29, 1.82) is 0 Å². The summed E-state index contributed by atoms with van der Waals surface area (Å²) in [6.07, 6.45) is 11.2. The summed E-state index contributed by atoms with van der Waals surface area (Å²) in [5.74, 6) is 3.46. The van der Waals surface area contributed by atoms with E-state index >= 15 is 0 Å². The van der Waals surface area contributed by atoms with Crippen molar-refractivity contribution >= 4 is 11.6 Å². The fourth-order valence-corrected chi connectivity index (χ4v) is 3.65. The molecule has 0 saturated heterocycles. The lowest BCUT2D eigenvalue weighted by atomic mass is 9.66. The predicted octanol–water partition coefficient (Wildman–Crippen LogP) is 4.61. The average Bonchev–Trinajstić information content (AvgIpc) is 2.42. The molecule has 2 rings (SSSR count). The number of alkyl halides is 1. The molecule has 0 radical (unpaired) electrons. The summed E-state index contributed by atoms with van der Waals surface area (Å²) in [6, 6.07) is 0.511. The van der Waals surface area contributed by atoms with Crippen LogP contribution >= 0.6 is 11.6 Å². The van der Waals surface area contributed by atoms with E-state index in [1.807, 2.05) is 0 Å². The van der Waals surface area contributed by atoms with Crippen molar-refractivity contribution < 1.29 is 0 Å². The van der Waals surface area contributed by atoms with Gasteiger partial charge in [-0.15, -0.1) is 11.6 Å². The number of allylic oxidation sites excluding steroid dienone is 1. The summed E-state index contributed by atoms with van der Waals surface area (Å²) in [4.78, 5) is 0. The Morgan fingerprint density at radius 3 is 2.47 bits per heavy atom. The molecule has 4 atom stereocenters. The molecule has 0 bridgehead atoms. The lowest BCUT2D eigenvalue weighted by Crippen LogP contribution is -2.33. The molecule has 0 amide bonds. The Morgan fingerprint density at radius 1 is 1.21 bits per heavy atom. The Bertz CT molecular complexity index is 294. The topological polar surface area (TPSA) is 12.0 Å². The minimum Gasteiger partial charge on any atom is -0.311 e. The highest BCUT2D eigenvalue weighted by Crippen LogP contribution is 2.40. The van der Waals surface area contributed by atoms with E-state index in [0.29, 0.717) is 11.4 Å². The summed E-state index contributed by atoms with van der Waals surface area (Å²) in [5.41, 5.74) is 0. The Balaban J connectivity index is 1.62. The molecule has 1 unspecified atom stereocenters. The van der Waals surface area contributed by atoms with Gasteiger partial charge in [-0.2, -0.15) is 0 Å². The van der Waals surface area contributed by atoms with Crippen LogP contribution in [-0.2, 0) is 0 Å². The fraction of sp³-hybridized carbons (Fsp3) is 0.882. The maximum absolute atomic E-state index is 6.15. The van der Waals surface area contributed by atoms with E-state index in [9.17, 15) is 0 Å². The SMILES string of the molecule is CC(/C=C\[C@H]1C[C@@H](C)[C@@H]1C)NCC1CCC(Cl)CC1. The lowest BCUT2D eigenvalue weighted by Gasteiger charge is -2.39. The van der Waals surface area contributed by atoms with E-state index in [1.54, 1.807) is 0 Å². The molecular formula is C17H30ClN. The molecule has 1 nitrogen and oxygen atoms in total. The highest BCUT2D eigenvalue weighted by Gasteiger charge is 2.32. The van der Waals surface area contributed by atoms with E-state index in [2.05, 4.69) is 38.2 Å². The molecule has 2 saturated carbocycles. The van der Waals surface area contributed by atoms with E-state index in [1.165, 1.54) is 32.1 Å². The van der Waals surface area contributed by atoms with Crippen LogP contribution < -0.4 is 5.32 Å². The molecule has 2 aliphatic rings. The molecule has 2 heteroatoms. The van der Waals surface area contributed by atoms with Gasteiger partial charge in [0.05, 0.1) is 0 Å². The first-order valence-electron chi connectivity index (χ1n) is 8.12. The third-order valence-electron chi connectivity index (χ3n) is 5.37. The molecule has 110 valence electrons. The third kappa shape index (κ3) is 4.49. The van der Waals surface area contributed by atoms with E-state index in [-0.39, 0.29) is 0 Å². The predicted molar refractivity (Wildman–Crippen MR) is 84.6 cm³/mol. The van der Waals surface area contributed by atoms with Crippen molar-refractivity contribution in [1.82, 2.24) is 5.32 Å². The molecule has 0 spiro atoms. The molecule has 0 aromatic carbocycles. The maximum atomic E-state index is 6.15. The van der Waals surface area contributed by atoms with Gasteiger partial charge >= 0.3 is 0 Å². The summed E-state index contributed by atoms with van der Waals surface area (Å²) in [5, 5.41) is 4.11. The van der Waals surface area contributed by atoms with Crippen molar-refractivity contribution in [3.63, 3.8) is 0 Å². The minimum absolute atomic E-state index is 0.440. The second kappa shape index (κ2) is 7.13. The molecule has 1 N–H and O–H groups in total. The van der Waals surface area contributed by atoms with Crippen LogP contribution in [0, 0.1) is 23.7 Å². The van der Waals surface area contributed by atoms with Crippen LogP contribution in [-0.4, -0.2) is 18.0 Å².